The van der Waals surface area contributed by atoms with Crippen LogP contribution in [0.1, 0.15) is 81.4 Å². The molecule has 0 aromatic heterocycles. The van der Waals surface area contributed by atoms with E-state index in [0.717, 1.165) is 12.0 Å². The maximum absolute atomic E-state index is 14.6. The van der Waals surface area contributed by atoms with Gasteiger partial charge < -0.3 is 69.3 Å². The lowest BCUT2D eigenvalue weighted by Crippen LogP contribution is -2.60. The van der Waals surface area contributed by atoms with Crippen molar-refractivity contribution in [3.05, 3.63) is 108 Å². The smallest absolute Gasteiger partial charge is 0.326 e. The number of carboxylic acid groups (broad SMARTS) is 1. The molecule has 76 heavy (non-hydrogen) atoms. The summed E-state index contributed by atoms with van der Waals surface area (Å²) in [5.74, 6) is -6.35. The minimum atomic E-state index is -1.31. The molecular formula is C53H74N14O9. The number of nitrogens with zero attached hydrogens (tertiary/aromatic N) is 1. The Hall–Kier alpha value is -8.08. The third-order valence-electron chi connectivity index (χ3n) is 13.2. The first kappa shape index (κ1) is 58.8. The maximum Gasteiger partial charge on any atom is 0.326 e. The van der Waals surface area contributed by atoms with Crippen LogP contribution < -0.4 is 59.3 Å². The van der Waals surface area contributed by atoms with E-state index in [0.29, 0.717) is 43.4 Å². The number of amides is 7. The first-order valence-corrected chi connectivity index (χ1v) is 25.9. The van der Waals surface area contributed by atoms with Crippen LogP contribution in [0.5, 0.6) is 0 Å². The minimum absolute atomic E-state index is 0.00766. The normalized spacial score (nSPS) is 17.2. The monoisotopic (exact) mass is 1050 g/mol. The van der Waals surface area contributed by atoms with Crippen molar-refractivity contribution in [1.29, 1.82) is 10.8 Å². The van der Waals surface area contributed by atoms with Gasteiger partial charge in [0.2, 0.25) is 41.4 Å². The van der Waals surface area contributed by atoms with Gasteiger partial charge in [0.05, 0.1) is 6.04 Å². The van der Waals surface area contributed by atoms with E-state index in [2.05, 4.69) is 47.9 Å². The molecule has 3 aromatic carbocycles. The van der Waals surface area contributed by atoms with E-state index in [9.17, 15) is 43.5 Å². The van der Waals surface area contributed by atoms with E-state index in [1.807, 2.05) is 30.3 Å². The minimum Gasteiger partial charge on any atom is -0.480 e. The molecule has 0 bridgehead atoms. The number of hydrogen-bond acceptors (Lipinski definition) is 11. The summed E-state index contributed by atoms with van der Waals surface area (Å²) >= 11 is 0. The van der Waals surface area contributed by atoms with Crippen molar-refractivity contribution < 1.29 is 43.5 Å². The van der Waals surface area contributed by atoms with Crippen LogP contribution in [0, 0.1) is 10.8 Å². The highest BCUT2D eigenvalue weighted by Gasteiger charge is 2.39. The van der Waals surface area contributed by atoms with Crippen LogP contribution >= 0.6 is 0 Å². The van der Waals surface area contributed by atoms with Gasteiger partial charge in [0.25, 0.3) is 0 Å². The largest absolute Gasteiger partial charge is 0.480 e. The maximum atomic E-state index is 14.6. The van der Waals surface area contributed by atoms with Gasteiger partial charge >= 0.3 is 5.97 Å². The van der Waals surface area contributed by atoms with Crippen molar-refractivity contribution in [3.8, 4) is 0 Å². The number of rotatable bonds is 29. The molecule has 2 aliphatic rings. The van der Waals surface area contributed by atoms with Gasteiger partial charge in [-0.25, -0.2) is 4.79 Å². The van der Waals surface area contributed by atoms with E-state index in [1.165, 1.54) is 11.8 Å². The molecule has 0 spiro atoms. The number of hydrogen-bond donors (Lipinski definition) is 14. The zero-order chi connectivity index (χ0) is 55.0. The summed E-state index contributed by atoms with van der Waals surface area (Å²) in [5.41, 5.74) is 13.2. The predicted molar refractivity (Wildman–Crippen MR) is 284 cm³/mol. The Kier molecular flexibility index (Phi) is 23.5. The summed E-state index contributed by atoms with van der Waals surface area (Å²) in [6, 6.07) is 18.0. The lowest BCUT2D eigenvalue weighted by molar-refractivity contribution is -0.149. The van der Waals surface area contributed by atoms with Crippen molar-refractivity contribution >= 4 is 59.2 Å². The molecule has 7 amide bonds. The third kappa shape index (κ3) is 19.3. The predicted octanol–water partition coefficient (Wildman–Crippen LogP) is -0.613. The number of carbonyl (C=O) groups excluding carboxylic acids is 7. The molecule has 23 nitrogen and oxygen atoms in total. The van der Waals surface area contributed by atoms with Gasteiger partial charge in [0.15, 0.2) is 11.9 Å². The Morgan fingerprint density at radius 1 is 0.592 bits per heavy atom. The highest BCUT2D eigenvalue weighted by atomic mass is 16.4. The second kappa shape index (κ2) is 30.3. The van der Waals surface area contributed by atoms with Gasteiger partial charge in [0, 0.05) is 32.5 Å². The topological polar surface area (TPSA) is 368 Å². The number of benzene rings is 3. The highest BCUT2D eigenvalue weighted by molar-refractivity contribution is 5.98. The lowest BCUT2D eigenvalue weighted by atomic mass is 10.0. The molecule has 5 rings (SSSR count). The van der Waals surface area contributed by atoms with Crippen LogP contribution in [0.25, 0.3) is 0 Å². The van der Waals surface area contributed by atoms with E-state index < -0.39 is 89.7 Å². The Morgan fingerprint density at radius 2 is 1.05 bits per heavy atom. The van der Waals surface area contributed by atoms with Crippen LogP contribution in [-0.2, 0) is 57.6 Å². The van der Waals surface area contributed by atoms with Gasteiger partial charge in [-0.2, -0.15) is 0 Å². The summed E-state index contributed by atoms with van der Waals surface area (Å²) in [7, 11) is 0. The molecule has 16 N–H and O–H groups in total. The molecule has 0 unspecified atom stereocenters. The van der Waals surface area contributed by atoms with Gasteiger partial charge in [0.1, 0.15) is 42.3 Å². The van der Waals surface area contributed by atoms with Gasteiger partial charge in [-0.05, 0) is 94.4 Å². The van der Waals surface area contributed by atoms with E-state index in [-0.39, 0.29) is 82.4 Å². The molecule has 23 heteroatoms. The van der Waals surface area contributed by atoms with Crippen LogP contribution in [0.4, 0.5) is 0 Å². The van der Waals surface area contributed by atoms with E-state index in [1.54, 1.807) is 60.7 Å². The van der Waals surface area contributed by atoms with Crippen molar-refractivity contribution in [3.63, 3.8) is 0 Å². The third-order valence-corrected chi connectivity index (χ3v) is 13.2. The fraction of sp³-hybridized carbons (Fsp3) is 0.472. The molecule has 410 valence electrons. The number of likely N-dealkylation sites (tertiary alicyclic amines) is 1. The Labute approximate surface area is 442 Å². The van der Waals surface area contributed by atoms with Gasteiger partial charge in [-0.15, -0.1) is 0 Å². The number of aliphatic carboxylic acids is 1. The van der Waals surface area contributed by atoms with Crippen molar-refractivity contribution in [1.82, 2.24) is 52.8 Å². The number of carboxylic acids is 1. The van der Waals surface area contributed by atoms with Gasteiger partial charge in [-0.1, -0.05) is 91.0 Å². The summed E-state index contributed by atoms with van der Waals surface area (Å²) in [6.07, 6.45) is 3.13. The van der Waals surface area contributed by atoms with E-state index >= 15 is 0 Å². The molecular weight excluding hydrogens is 977 g/mol. The molecule has 8 atom stereocenters. The van der Waals surface area contributed by atoms with E-state index in [4.69, 9.17) is 22.3 Å². The molecule has 0 aliphatic carbocycles. The van der Waals surface area contributed by atoms with Crippen LogP contribution in [-0.4, -0.2) is 144 Å². The summed E-state index contributed by atoms with van der Waals surface area (Å²) in [6.45, 7) is 2.62. The molecule has 0 saturated carbocycles. The van der Waals surface area contributed by atoms with Crippen LogP contribution in [0.3, 0.4) is 0 Å². The molecule has 2 heterocycles. The van der Waals surface area contributed by atoms with Crippen LogP contribution in [0.2, 0.25) is 0 Å². The number of aryl methyl sites for hydroxylation is 1. The second-order valence-corrected chi connectivity index (χ2v) is 19.1. The fourth-order valence-electron chi connectivity index (χ4n) is 9.09. The quantitative estimate of drug-likeness (QED) is 0.0234. The SMILES string of the molecule is C[C@H](NC(=O)[C@H](CCCNC(=N)N)NC(=O)[C@H](CCc1ccccc1)NC(=O)[C@H](Cc1ccccc1)NC(=O)[C@H](CCCNC(=N)N)NC(=O)[C@@H]1CCCN1)C(=O)N[C@@H](Cc1ccccc1)C(=O)N1CCC[C@@H]1C(=O)O. The summed E-state index contributed by atoms with van der Waals surface area (Å²) in [4.78, 5) is 112. The van der Waals surface area contributed by atoms with Gasteiger partial charge in [-0.3, -0.25) is 44.4 Å². The van der Waals surface area contributed by atoms with Crippen molar-refractivity contribution in [2.45, 2.75) is 132 Å². The average Bonchev–Trinajstić information content (AvgIpc) is 4.14. The number of carbonyl (C=O) groups is 8. The highest BCUT2D eigenvalue weighted by Crippen LogP contribution is 2.20. The molecule has 2 saturated heterocycles. The fourth-order valence-corrected chi connectivity index (χ4v) is 9.09. The summed E-state index contributed by atoms with van der Waals surface area (Å²) < 4.78 is 0. The average molecular weight is 1050 g/mol. The zero-order valence-electron chi connectivity index (χ0n) is 42.9. The molecule has 0 radical (unpaired) electrons. The lowest BCUT2D eigenvalue weighted by Gasteiger charge is -2.29. The standard InChI is InChI=1S/C53H74N14O9/c1-33(44(68)66-42(32-36-19-9-4-10-20-36)50(74)67-30-14-24-43(67)51(75)76)61-46(70)38(22-12-28-59-52(54)55)63-48(72)40(26-25-34-15-5-2-6-16-34)64-49(73)41(31-35-17-7-3-8-18-35)65-47(71)39(23-13-29-60-53(56)57)62-45(69)37-21-11-27-58-37/h2-10,15-20,33,37-43,58H,11-14,21-32H2,1H3,(H,61,70)(H,62,69)(H,63,72)(H,64,73)(H,65,71)(H,66,68)(H,75,76)(H4,54,55,59)(H4,56,57,60)/t33-,37-,38-,39-,40-,41-,42-,43+/m0/s1. The number of nitrogens with one attached hydrogen (secondary N) is 11. The Balaban J connectivity index is 1.37. The van der Waals surface area contributed by atoms with Crippen molar-refractivity contribution in [2.24, 2.45) is 11.5 Å². The Morgan fingerprint density at radius 3 is 1.57 bits per heavy atom. The number of guanidine groups is 2. The Bertz CT molecular complexity index is 2450. The van der Waals surface area contributed by atoms with Crippen LogP contribution in [0.15, 0.2) is 91.0 Å². The first-order chi connectivity index (χ1) is 36.5. The number of nitrogens with two attached hydrogens (primary N) is 2. The summed E-state index contributed by atoms with van der Waals surface area (Å²) in [5, 5.41) is 50.1. The molecule has 2 aliphatic heterocycles. The zero-order valence-corrected chi connectivity index (χ0v) is 42.9. The van der Waals surface area contributed by atoms with Crippen molar-refractivity contribution in [2.75, 3.05) is 26.2 Å². The molecule has 3 aromatic rings. The second-order valence-electron chi connectivity index (χ2n) is 19.1. The first-order valence-electron chi connectivity index (χ1n) is 25.9. The molecule has 2 fully saturated rings.